The number of β-amino-alcohol motifs (C(OH)–C–C–N with tert-alkyl or cyclic N) is 1. The van der Waals surface area contributed by atoms with Crippen molar-refractivity contribution in [2.24, 2.45) is 5.73 Å². The molecule has 0 radical (unpaired) electrons. The number of aliphatic hydroxyl groups excluding tert-OH is 2. The summed E-state index contributed by atoms with van der Waals surface area (Å²) < 4.78 is 5.76. The molecule has 0 spiro atoms. The molecule has 2 aromatic rings. The SMILES string of the molecule is NC1(c2ccc(OCc3ccccc3)cc2)CCN(CC(O)CO)C1=O. The van der Waals surface area contributed by atoms with Gasteiger partial charge in [0.25, 0.3) is 0 Å². The van der Waals surface area contributed by atoms with Crippen molar-refractivity contribution >= 4 is 5.91 Å². The lowest BCUT2D eigenvalue weighted by Crippen LogP contribution is -2.47. The van der Waals surface area contributed by atoms with Gasteiger partial charge in [0, 0.05) is 13.1 Å². The third-order valence-corrected chi connectivity index (χ3v) is 4.70. The van der Waals surface area contributed by atoms with E-state index in [1.165, 1.54) is 4.90 Å². The number of amides is 1. The molecule has 6 nitrogen and oxygen atoms in total. The predicted molar refractivity (Wildman–Crippen MR) is 97.4 cm³/mol. The van der Waals surface area contributed by atoms with Gasteiger partial charge in [0.05, 0.1) is 12.7 Å². The van der Waals surface area contributed by atoms with Crippen LogP contribution in [-0.2, 0) is 16.9 Å². The van der Waals surface area contributed by atoms with Crippen molar-refractivity contribution < 1.29 is 19.7 Å². The highest BCUT2D eigenvalue weighted by atomic mass is 16.5. The van der Waals surface area contributed by atoms with Crippen molar-refractivity contribution in [1.29, 1.82) is 0 Å². The lowest BCUT2D eigenvalue weighted by atomic mass is 9.89. The first-order valence-electron chi connectivity index (χ1n) is 8.67. The molecule has 1 aliphatic rings. The smallest absolute Gasteiger partial charge is 0.247 e. The van der Waals surface area contributed by atoms with Gasteiger partial charge in [-0.2, -0.15) is 0 Å². The molecule has 4 N–H and O–H groups in total. The summed E-state index contributed by atoms with van der Waals surface area (Å²) in [6.07, 6.45) is -0.483. The number of rotatable bonds is 7. The van der Waals surface area contributed by atoms with Gasteiger partial charge in [0.1, 0.15) is 17.9 Å². The largest absolute Gasteiger partial charge is 0.489 e. The Morgan fingerprint density at radius 2 is 1.85 bits per heavy atom. The molecule has 3 rings (SSSR count). The summed E-state index contributed by atoms with van der Waals surface area (Å²) in [5.74, 6) is 0.474. The van der Waals surface area contributed by atoms with Crippen LogP contribution in [0.15, 0.2) is 54.6 Å². The number of hydrogen-bond acceptors (Lipinski definition) is 5. The number of likely N-dealkylation sites (tertiary alicyclic amines) is 1. The first kappa shape index (κ1) is 18.4. The Morgan fingerprint density at radius 3 is 2.50 bits per heavy atom. The van der Waals surface area contributed by atoms with Gasteiger partial charge in [0.15, 0.2) is 0 Å². The Morgan fingerprint density at radius 1 is 1.15 bits per heavy atom. The van der Waals surface area contributed by atoms with E-state index in [-0.39, 0.29) is 19.1 Å². The van der Waals surface area contributed by atoms with Crippen LogP contribution in [-0.4, -0.2) is 46.8 Å². The van der Waals surface area contributed by atoms with Crippen LogP contribution in [0, 0.1) is 0 Å². The van der Waals surface area contributed by atoms with E-state index in [1.807, 2.05) is 54.6 Å². The molecule has 26 heavy (non-hydrogen) atoms. The van der Waals surface area contributed by atoms with E-state index in [9.17, 15) is 9.90 Å². The highest BCUT2D eigenvalue weighted by Gasteiger charge is 2.45. The Balaban J connectivity index is 1.65. The minimum absolute atomic E-state index is 0.0898. The molecule has 1 amide bonds. The summed E-state index contributed by atoms with van der Waals surface area (Å²) in [6, 6.07) is 17.1. The van der Waals surface area contributed by atoms with E-state index in [1.54, 1.807) is 0 Å². The molecule has 2 atom stereocenters. The van der Waals surface area contributed by atoms with Gasteiger partial charge >= 0.3 is 0 Å². The van der Waals surface area contributed by atoms with Crippen LogP contribution in [0.3, 0.4) is 0 Å². The van der Waals surface area contributed by atoms with E-state index in [0.29, 0.717) is 25.3 Å². The molecular weight excluding hydrogens is 332 g/mol. The standard InChI is InChI=1S/C20H24N2O4/c21-20(10-11-22(19(20)25)12-17(24)13-23)16-6-8-18(9-7-16)26-14-15-4-2-1-3-5-15/h1-9,17,23-24H,10-14,21H2. The first-order valence-corrected chi connectivity index (χ1v) is 8.67. The highest BCUT2D eigenvalue weighted by molar-refractivity contribution is 5.89. The zero-order valence-electron chi connectivity index (χ0n) is 14.5. The molecule has 0 aliphatic carbocycles. The molecule has 6 heteroatoms. The van der Waals surface area contributed by atoms with Gasteiger partial charge < -0.3 is 25.6 Å². The molecule has 0 aromatic heterocycles. The van der Waals surface area contributed by atoms with Gasteiger partial charge in [0.2, 0.25) is 5.91 Å². The van der Waals surface area contributed by atoms with Gasteiger partial charge in [-0.1, -0.05) is 42.5 Å². The molecule has 2 unspecified atom stereocenters. The molecule has 1 aliphatic heterocycles. The third-order valence-electron chi connectivity index (χ3n) is 4.70. The zero-order valence-corrected chi connectivity index (χ0v) is 14.5. The number of benzene rings is 2. The molecule has 1 saturated heterocycles. The van der Waals surface area contributed by atoms with Crippen LogP contribution >= 0.6 is 0 Å². The number of nitrogens with two attached hydrogens (primary N) is 1. The van der Waals surface area contributed by atoms with Crippen LogP contribution in [0.4, 0.5) is 0 Å². The van der Waals surface area contributed by atoms with Crippen LogP contribution in [0.2, 0.25) is 0 Å². The van der Waals surface area contributed by atoms with Gasteiger partial charge in [-0.15, -0.1) is 0 Å². The Hall–Kier alpha value is -2.41. The maximum Gasteiger partial charge on any atom is 0.247 e. The monoisotopic (exact) mass is 356 g/mol. The van der Waals surface area contributed by atoms with Crippen molar-refractivity contribution in [3.63, 3.8) is 0 Å². The fourth-order valence-corrected chi connectivity index (χ4v) is 3.15. The Bertz CT molecular complexity index is 735. The van der Waals surface area contributed by atoms with Gasteiger partial charge in [-0.3, -0.25) is 4.79 Å². The molecule has 1 heterocycles. The van der Waals surface area contributed by atoms with E-state index < -0.39 is 11.6 Å². The average molecular weight is 356 g/mol. The molecule has 1 fully saturated rings. The van der Waals surface area contributed by atoms with E-state index in [2.05, 4.69) is 0 Å². The van der Waals surface area contributed by atoms with Crippen molar-refractivity contribution in [3.05, 3.63) is 65.7 Å². The maximum atomic E-state index is 12.7. The summed E-state index contributed by atoms with van der Waals surface area (Å²) in [5, 5.41) is 18.5. The average Bonchev–Trinajstić information content (AvgIpc) is 2.97. The number of carbonyl (C=O) groups excluding carboxylic acids is 1. The quantitative estimate of drug-likeness (QED) is 0.688. The van der Waals surface area contributed by atoms with Crippen molar-refractivity contribution in [2.45, 2.75) is 24.7 Å². The molecule has 2 aromatic carbocycles. The van der Waals surface area contributed by atoms with Crippen molar-refractivity contribution in [2.75, 3.05) is 19.7 Å². The van der Waals surface area contributed by atoms with Crippen LogP contribution in [0.5, 0.6) is 5.75 Å². The molecular formula is C20H24N2O4. The van der Waals surface area contributed by atoms with E-state index in [0.717, 1.165) is 11.1 Å². The normalized spacial score (nSPS) is 21.0. The second-order valence-electron chi connectivity index (χ2n) is 6.61. The summed E-state index contributed by atoms with van der Waals surface area (Å²) in [4.78, 5) is 14.2. The first-order chi connectivity index (χ1) is 12.5. The van der Waals surface area contributed by atoms with Gasteiger partial charge in [-0.05, 0) is 29.7 Å². The minimum Gasteiger partial charge on any atom is -0.489 e. The fraction of sp³-hybridized carbons (Fsp3) is 0.350. The van der Waals surface area contributed by atoms with Crippen LogP contribution in [0.25, 0.3) is 0 Å². The lowest BCUT2D eigenvalue weighted by Gasteiger charge is -2.25. The zero-order chi connectivity index (χ0) is 18.6. The third kappa shape index (κ3) is 3.88. The maximum absolute atomic E-state index is 12.7. The van der Waals surface area contributed by atoms with Crippen molar-refractivity contribution in [3.8, 4) is 5.75 Å². The van der Waals surface area contributed by atoms with E-state index >= 15 is 0 Å². The predicted octanol–water partition coefficient (Wildman–Crippen LogP) is 1.01. The number of carbonyl (C=O) groups is 1. The summed E-state index contributed by atoms with van der Waals surface area (Å²) >= 11 is 0. The highest BCUT2D eigenvalue weighted by Crippen LogP contribution is 2.32. The second kappa shape index (κ2) is 7.86. The lowest BCUT2D eigenvalue weighted by molar-refractivity contribution is -0.133. The van der Waals surface area contributed by atoms with Crippen LogP contribution < -0.4 is 10.5 Å². The number of ether oxygens (including phenoxy) is 1. The molecule has 0 saturated carbocycles. The minimum atomic E-state index is -1.10. The molecule has 138 valence electrons. The van der Waals surface area contributed by atoms with Crippen LogP contribution in [0.1, 0.15) is 17.5 Å². The van der Waals surface area contributed by atoms with Crippen molar-refractivity contribution in [1.82, 2.24) is 4.90 Å². The fourth-order valence-electron chi connectivity index (χ4n) is 3.15. The summed E-state index contributed by atoms with van der Waals surface area (Å²) in [6.45, 7) is 0.639. The van der Waals surface area contributed by atoms with E-state index in [4.69, 9.17) is 15.6 Å². The second-order valence-corrected chi connectivity index (χ2v) is 6.61. The Labute approximate surface area is 152 Å². The Kier molecular flexibility index (Phi) is 5.56. The topological polar surface area (TPSA) is 96.0 Å². The summed E-state index contributed by atoms with van der Waals surface area (Å²) in [5.41, 5.74) is 7.06. The molecule has 0 bridgehead atoms. The number of aliphatic hydroxyl groups is 2. The summed E-state index contributed by atoms with van der Waals surface area (Å²) in [7, 11) is 0. The van der Waals surface area contributed by atoms with Gasteiger partial charge in [-0.25, -0.2) is 0 Å². The number of nitrogens with zero attached hydrogens (tertiary/aromatic N) is 1. The number of hydrogen-bond donors (Lipinski definition) is 3.